The van der Waals surface area contributed by atoms with Gasteiger partial charge in [0.2, 0.25) is 0 Å². The summed E-state index contributed by atoms with van der Waals surface area (Å²) >= 11 is 3.50. The van der Waals surface area contributed by atoms with Crippen LogP contribution in [0, 0.1) is 0 Å². The molecule has 0 amide bonds. The number of hydrogen-bond acceptors (Lipinski definition) is 1. The van der Waals surface area contributed by atoms with Crippen LogP contribution in [0.15, 0.2) is 30.3 Å². The zero-order valence-electron chi connectivity index (χ0n) is 5.74. The van der Waals surface area contributed by atoms with Crippen molar-refractivity contribution >= 4 is 41.6 Å². The molecule has 1 atom stereocenters. The Labute approximate surface area is 80.5 Å². The van der Waals surface area contributed by atoms with Crippen LogP contribution in [0.4, 0.5) is 0 Å². The number of rotatable bonds is 3. The van der Waals surface area contributed by atoms with Gasteiger partial charge in [-0.3, -0.25) is 0 Å². The Morgan fingerprint density at radius 3 is 2.55 bits per heavy atom. The summed E-state index contributed by atoms with van der Waals surface area (Å²) in [4.78, 5) is 10.3. The molecular formula is C8H7BrOSe. The fourth-order valence-corrected chi connectivity index (χ4v) is 3.10. The zero-order chi connectivity index (χ0) is 8.10. The molecule has 58 valence electrons. The summed E-state index contributed by atoms with van der Waals surface area (Å²) < 4.78 is 1.26. The summed E-state index contributed by atoms with van der Waals surface area (Å²) in [6.45, 7) is 0. The van der Waals surface area contributed by atoms with Crippen molar-refractivity contribution in [1.82, 2.24) is 0 Å². The second-order valence-corrected chi connectivity index (χ2v) is 6.82. The Morgan fingerprint density at radius 1 is 1.36 bits per heavy atom. The topological polar surface area (TPSA) is 17.1 Å². The van der Waals surface area contributed by atoms with E-state index in [1.165, 1.54) is 4.46 Å². The predicted octanol–water partition coefficient (Wildman–Crippen LogP) is 0.936. The van der Waals surface area contributed by atoms with E-state index < -0.39 is 0 Å². The van der Waals surface area contributed by atoms with Gasteiger partial charge < -0.3 is 0 Å². The third kappa shape index (κ3) is 3.19. The van der Waals surface area contributed by atoms with Gasteiger partial charge in [-0.05, 0) is 0 Å². The van der Waals surface area contributed by atoms with Gasteiger partial charge in [-0.15, -0.1) is 0 Å². The minimum atomic E-state index is 0.0115. The van der Waals surface area contributed by atoms with Gasteiger partial charge in [0.1, 0.15) is 0 Å². The second kappa shape index (κ2) is 4.70. The van der Waals surface area contributed by atoms with E-state index in [4.69, 9.17) is 0 Å². The molecule has 0 spiro atoms. The van der Waals surface area contributed by atoms with E-state index in [1.54, 1.807) is 0 Å². The molecule has 0 saturated carbocycles. The Morgan fingerprint density at radius 2 is 2.00 bits per heavy atom. The second-order valence-electron chi connectivity index (χ2n) is 1.92. The maximum absolute atomic E-state index is 10.3. The van der Waals surface area contributed by atoms with Gasteiger partial charge >= 0.3 is 80.5 Å². The van der Waals surface area contributed by atoms with Crippen molar-refractivity contribution in [2.24, 2.45) is 0 Å². The van der Waals surface area contributed by atoms with E-state index in [-0.39, 0.29) is 18.7 Å². The SMILES string of the molecule is O=CC(Br)[Se]c1ccccc1. The van der Waals surface area contributed by atoms with E-state index in [0.29, 0.717) is 0 Å². The van der Waals surface area contributed by atoms with E-state index in [1.807, 2.05) is 30.3 Å². The molecule has 0 fully saturated rings. The predicted molar refractivity (Wildman–Crippen MR) is 50.6 cm³/mol. The third-order valence-corrected chi connectivity index (χ3v) is 4.13. The van der Waals surface area contributed by atoms with Crippen LogP contribution in [0.5, 0.6) is 0 Å². The molecule has 0 aromatic heterocycles. The van der Waals surface area contributed by atoms with Crippen LogP contribution in [0.2, 0.25) is 0 Å². The van der Waals surface area contributed by atoms with E-state index in [0.717, 1.165) is 6.29 Å². The van der Waals surface area contributed by atoms with Gasteiger partial charge in [-0.1, -0.05) is 0 Å². The van der Waals surface area contributed by atoms with Crippen molar-refractivity contribution in [3.05, 3.63) is 30.3 Å². The molecule has 1 aromatic carbocycles. The molecule has 3 heteroatoms. The fourth-order valence-electron chi connectivity index (χ4n) is 0.657. The van der Waals surface area contributed by atoms with Crippen LogP contribution < -0.4 is 4.46 Å². The number of alkyl halides is 1. The van der Waals surface area contributed by atoms with Crippen LogP contribution in [-0.2, 0) is 4.79 Å². The van der Waals surface area contributed by atoms with Crippen LogP contribution in [0.1, 0.15) is 0 Å². The van der Waals surface area contributed by atoms with Crippen LogP contribution in [0.3, 0.4) is 0 Å². The number of aldehydes is 1. The molecule has 0 aliphatic rings. The molecule has 0 radical (unpaired) electrons. The van der Waals surface area contributed by atoms with Crippen LogP contribution in [-0.4, -0.2) is 25.0 Å². The molecule has 1 nitrogen and oxygen atoms in total. The normalized spacial score (nSPS) is 12.5. The fraction of sp³-hybridized carbons (Fsp3) is 0.125. The first kappa shape index (κ1) is 8.98. The zero-order valence-corrected chi connectivity index (χ0v) is 9.03. The van der Waals surface area contributed by atoms with Crippen molar-refractivity contribution in [3.8, 4) is 0 Å². The number of halogens is 1. The Bertz CT molecular complexity index is 225. The maximum atomic E-state index is 10.3. The summed E-state index contributed by atoms with van der Waals surface area (Å²) in [6, 6.07) is 10.0. The summed E-state index contributed by atoms with van der Waals surface area (Å²) in [5.41, 5.74) is 0. The quantitative estimate of drug-likeness (QED) is 0.457. The summed E-state index contributed by atoms with van der Waals surface area (Å²) in [5, 5.41) is 0. The van der Waals surface area contributed by atoms with Crippen LogP contribution >= 0.6 is 15.9 Å². The molecule has 11 heavy (non-hydrogen) atoms. The van der Waals surface area contributed by atoms with Crippen molar-refractivity contribution in [2.45, 2.75) is 3.73 Å². The molecule has 0 saturated heterocycles. The van der Waals surface area contributed by atoms with Gasteiger partial charge in [0.15, 0.2) is 0 Å². The van der Waals surface area contributed by atoms with Gasteiger partial charge in [0.05, 0.1) is 0 Å². The first-order valence-corrected chi connectivity index (χ1v) is 5.90. The van der Waals surface area contributed by atoms with Crippen molar-refractivity contribution < 1.29 is 4.79 Å². The molecule has 0 aliphatic heterocycles. The first-order chi connectivity index (χ1) is 5.33. The number of carbonyl (C=O) groups is 1. The van der Waals surface area contributed by atoms with Crippen molar-refractivity contribution in [3.63, 3.8) is 0 Å². The van der Waals surface area contributed by atoms with Gasteiger partial charge in [0.25, 0.3) is 0 Å². The number of carbonyl (C=O) groups excluding carboxylic acids is 1. The molecule has 0 bridgehead atoms. The Balaban J connectivity index is 2.57. The van der Waals surface area contributed by atoms with E-state index in [9.17, 15) is 4.79 Å². The minimum absolute atomic E-state index is 0.0115. The molecule has 0 aliphatic carbocycles. The standard InChI is InChI=1S/C8H7BrOSe/c9-8(6-10)11-7-4-2-1-3-5-7/h1-6,8H. The van der Waals surface area contributed by atoms with Gasteiger partial charge in [-0.2, -0.15) is 0 Å². The number of benzene rings is 1. The monoisotopic (exact) mass is 278 g/mol. The molecule has 1 aromatic rings. The molecule has 0 heterocycles. The van der Waals surface area contributed by atoms with E-state index >= 15 is 0 Å². The molecule has 0 N–H and O–H groups in total. The Kier molecular flexibility index (Phi) is 3.84. The first-order valence-electron chi connectivity index (χ1n) is 3.14. The van der Waals surface area contributed by atoms with Gasteiger partial charge in [-0.25, -0.2) is 0 Å². The van der Waals surface area contributed by atoms with Gasteiger partial charge in [0, 0.05) is 0 Å². The van der Waals surface area contributed by atoms with Crippen molar-refractivity contribution in [1.29, 1.82) is 0 Å². The third-order valence-electron chi connectivity index (χ3n) is 1.10. The summed E-state index contributed by atoms with van der Waals surface area (Å²) in [7, 11) is 0. The molecule has 1 unspecified atom stereocenters. The number of hydrogen-bond donors (Lipinski definition) is 0. The summed E-state index contributed by atoms with van der Waals surface area (Å²) in [5.74, 6) is 0. The van der Waals surface area contributed by atoms with E-state index in [2.05, 4.69) is 15.9 Å². The molecule has 1 rings (SSSR count). The average molecular weight is 278 g/mol. The Hall–Kier alpha value is -0.111. The summed E-state index contributed by atoms with van der Waals surface area (Å²) in [6.07, 6.45) is 0.938. The van der Waals surface area contributed by atoms with Crippen LogP contribution in [0.25, 0.3) is 0 Å². The average Bonchev–Trinajstić information content (AvgIpc) is 2.06. The van der Waals surface area contributed by atoms with Crippen molar-refractivity contribution in [2.75, 3.05) is 0 Å². The molecular weight excluding hydrogens is 271 g/mol.